The van der Waals surface area contributed by atoms with E-state index in [1.165, 1.54) is 16.8 Å². The normalized spacial score (nSPS) is 11.5. The molecule has 5 aromatic rings. The van der Waals surface area contributed by atoms with Crippen LogP contribution in [0.1, 0.15) is 42.0 Å². The number of benzene rings is 4. The number of aryl methyl sites for hydroxylation is 1. The number of hydrogen-bond donors (Lipinski definition) is 0. The Morgan fingerprint density at radius 1 is 1.02 bits per heavy atom. The molecule has 5 rings (SSSR count). The molecule has 0 aliphatic rings. The van der Waals surface area contributed by atoms with Gasteiger partial charge in [-0.3, -0.25) is 4.79 Å². The van der Waals surface area contributed by atoms with Crippen LogP contribution in [0.15, 0.2) is 88.8 Å². The fourth-order valence-corrected chi connectivity index (χ4v) is 4.84. The number of methoxy groups -OCH3 is 1. The van der Waals surface area contributed by atoms with Crippen LogP contribution in [0.2, 0.25) is 5.02 Å². The summed E-state index contributed by atoms with van der Waals surface area (Å²) < 4.78 is 26.2. The lowest BCUT2D eigenvalue weighted by atomic mass is 9.96. The Labute approximate surface area is 242 Å². The van der Waals surface area contributed by atoms with Crippen molar-refractivity contribution in [3.63, 3.8) is 0 Å². The Balaban J connectivity index is 1.54. The van der Waals surface area contributed by atoms with E-state index in [0.29, 0.717) is 38.6 Å². The van der Waals surface area contributed by atoms with E-state index in [1.807, 2.05) is 31.2 Å². The van der Waals surface area contributed by atoms with E-state index >= 15 is 0 Å². The van der Waals surface area contributed by atoms with Crippen molar-refractivity contribution in [3.05, 3.63) is 122 Å². The van der Waals surface area contributed by atoms with E-state index in [0.717, 1.165) is 22.4 Å². The van der Waals surface area contributed by atoms with Crippen LogP contribution in [0.5, 0.6) is 11.5 Å². The van der Waals surface area contributed by atoms with Gasteiger partial charge in [-0.25, -0.2) is 9.37 Å². The molecule has 0 radical (unpaired) electrons. The Bertz CT molecular complexity index is 1830. The zero-order chi connectivity index (χ0) is 29.1. The van der Waals surface area contributed by atoms with Crippen molar-refractivity contribution in [1.29, 1.82) is 0 Å². The van der Waals surface area contributed by atoms with Gasteiger partial charge in [0, 0.05) is 5.56 Å². The summed E-state index contributed by atoms with van der Waals surface area (Å²) in [4.78, 5) is 18.5. The van der Waals surface area contributed by atoms with Crippen LogP contribution < -0.4 is 15.0 Å². The van der Waals surface area contributed by atoms with Crippen LogP contribution in [0, 0.1) is 12.7 Å². The second-order valence-corrected chi connectivity index (χ2v) is 10.4. The third-order valence-corrected chi connectivity index (χ3v) is 7.05. The summed E-state index contributed by atoms with van der Waals surface area (Å²) >= 11 is 6.49. The molecule has 41 heavy (non-hydrogen) atoms. The minimum atomic E-state index is -0.327. The van der Waals surface area contributed by atoms with Gasteiger partial charge in [0.2, 0.25) is 0 Å². The van der Waals surface area contributed by atoms with Gasteiger partial charge in [-0.15, -0.1) is 0 Å². The maximum Gasteiger partial charge on any atom is 0.282 e. The number of ether oxygens (including phenoxy) is 2. The highest BCUT2D eigenvalue weighted by atomic mass is 35.5. The summed E-state index contributed by atoms with van der Waals surface area (Å²) in [5.41, 5.74) is 4.35. The Morgan fingerprint density at radius 2 is 1.83 bits per heavy atom. The van der Waals surface area contributed by atoms with E-state index in [9.17, 15) is 9.18 Å². The zero-order valence-electron chi connectivity index (χ0n) is 23.2. The topological polar surface area (TPSA) is 65.7 Å². The summed E-state index contributed by atoms with van der Waals surface area (Å²) in [5.74, 6) is 1.53. The Kier molecular flexibility index (Phi) is 8.17. The van der Waals surface area contributed by atoms with E-state index in [2.05, 4.69) is 18.9 Å². The first-order chi connectivity index (χ1) is 19.7. The van der Waals surface area contributed by atoms with Gasteiger partial charge in [-0.1, -0.05) is 49.7 Å². The molecule has 0 unspecified atom stereocenters. The maximum absolute atomic E-state index is 13.7. The highest BCUT2D eigenvalue weighted by Gasteiger charge is 2.18. The lowest BCUT2D eigenvalue weighted by Crippen LogP contribution is -2.20. The largest absolute Gasteiger partial charge is 0.496 e. The van der Waals surface area contributed by atoms with Crippen LogP contribution in [0.4, 0.5) is 4.39 Å². The smallest absolute Gasteiger partial charge is 0.282 e. The van der Waals surface area contributed by atoms with Crippen molar-refractivity contribution in [2.45, 2.75) is 33.3 Å². The number of para-hydroxylation sites is 1. The van der Waals surface area contributed by atoms with Crippen LogP contribution in [0.25, 0.3) is 22.3 Å². The summed E-state index contributed by atoms with van der Waals surface area (Å²) in [6, 6.07) is 22.6. The predicted molar refractivity (Wildman–Crippen MR) is 162 cm³/mol. The fourth-order valence-electron chi connectivity index (χ4n) is 4.60. The van der Waals surface area contributed by atoms with Crippen molar-refractivity contribution in [2.75, 3.05) is 7.11 Å². The van der Waals surface area contributed by atoms with Crippen molar-refractivity contribution < 1.29 is 13.9 Å². The lowest BCUT2D eigenvalue weighted by Gasteiger charge is -2.17. The van der Waals surface area contributed by atoms with E-state index < -0.39 is 0 Å². The summed E-state index contributed by atoms with van der Waals surface area (Å²) in [5, 5.41) is 5.40. The fraction of sp³-hybridized carbons (Fsp3) is 0.182. The highest BCUT2D eigenvalue weighted by Crippen LogP contribution is 2.34. The molecule has 6 nitrogen and oxygen atoms in total. The molecule has 0 amide bonds. The van der Waals surface area contributed by atoms with Crippen molar-refractivity contribution in [2.24, 2.45) is 5.10 Å². The van der Waals surface area contributed by atoms with Crippen molar-refractivity contribution in [1.82, 2.24) is 9.66 Å². The Hall–Kier alpha value is -4.49. The first kappa shape index (κ1) is 28.1. The van der Waals surface area contributed by atoms with Crippen LogP contribution in [-0.4, -0.2) is 23.0 Å². The molecule has 1 aromatic heterocycles. The third-order valence-electron chi connectivity index (χ3n) is 6.76. The van der Waals surface area contributed by atoms with Crippen molar-refractivity contribution in [3.8, 4) is 22.9 Å². The predicted octanol–water partition coefficient (Wildman–Crippen LogP) is 7.76. The quantitative estimate of drug-likeness (QED) is 0.179. The molecule has 1 heterocycles. The number of fused-ring (bicyclic) bond motifs is 1. The van der Waals surface area contributed by atoms with Gasteiger partial charge in [0.1, 0.15) is 23.9 Å². The number of halogens is 2. The lowest BCUT2D eigenvalue weighted by molar-refractivity contribution is 0.306. The second-order valence-electron chi connectivity index (χ2n) is 9.99. The number of nitrogens with zero attached hydrogens (tertiary/aromatic N) is 3. The van der Waals surface area contributed by atoms with E-state index in [4.69, 9.17) is 26.1 Å². The maximum atomic E-state index is 13.7. The van der Waals surface area contributed by atoms with Crippen molar-refractivity contribution >= 4 is 28.7 Å². The first-order valence-corrected chi connectivity index (χ1v) is 13.5. The van der Waals surface area contributed by atoms with Crippen LogP contribution in [-0.2, 0) is 6.61 Å². The average Bonchev–Trinajstić information content (AvgIpc) is 2.96. The van der Waals surface area contributed by atoms with Gasteiger partial charge in [0.15, 0.2) is 5.82 Å². The van der Waals surface area contributed by atoms with Crippen LogP contribution in [0.3, 0.4) is 0 Å². The van der Waals surface area contributed by atoms with E-state index in [1.54, 1.807) is 55.8 Å². The minimum Gasteiger partial charge on any atom is -0.496 e. The molecular weight excluding hydrogens is 541 g/mol. The molecule has 0 bridgehead atoms. The highest BCUT2D eigenvalue weighted by molar-refractivity contribution is 6.32. The molecule has 8 heteroatoms. The minimum absolute atomic E-state index is 0.173. The standard InChI is InChI=1S/C33H29ClFN3O3/c1-20(2)26-17-27(21(3)14-31(26)40-4)32-37-29-11-6-5-10-25(29)33(39)38(32)36-18-22-12-13-30(28(34)16-22)41-19-23-8-7-9-24(35)15-23/h5-18,20H,19H2,1-4H3. The van der Waals surface area contributed by atoms with Gasteiger partial charge >= 0.3 is 0 Å². The zero-order valence-corrected chi connectivity index (χ0v) is 23.9. The molecule has 0 N–H and O–H groups in total. The average molecular weight is 570 g/mol. The monoisotopic (exact) mass is 569 g/mol. The molecule has 0 spiro atoms. The van der Waals surface area contributed by atoms with Gasteiger partial charge < -0.3 is 9.47 Å². The molecule has 0 atom stereocenters. The third kappa shape index (κ3) is 6.00. The molecule has 0 aliphatic heterocycles. The van der Waals surface area contributed by atoms with E-state index in [-0.39, 0.29) is 23.9 Å². The molecular formula is C33H29ClFN3O3. The molecule has 0 saturated heterocycles. The van der Waals surface area contributed by atoms with Gasteiger partial charge in [0.25, 0.3) is 5.56 Å². The molecule has 4 aromatic carbocycles. The number of aromatic nitrogens is 2. The first-order valence-electron chi connectivity index (χ1n) is 13.2. The molecule has 208 valence electrons. The van der Waals surface area contributed by atoms with Gasteiger partial charge in [-0.2, -0.15) is 9.78 Å². The van der Waals surface area contributed by atoms with Gasteiger partial charge in [0.05, 0.1) is 29.2 Å². The second kappa shape index (κ2) is 11.9. The van der Waals surface area contributed by atoms with Crippen LogP contribution >= 0.6 is 11.6 Å². The molecule has 0 saturated carbocycles. The number of hydrogen-bond acceptors (Lipinski definition) is 5. The number of rotatable bonds is 8. The summed E-state index contributed by atoms with van der Waals surface area (Å²) in [6.45, 7) is 6.31. The van der Waals surface area contributed by atoms with Gasteiger partial charge in [-0.05, 0) is 89.7 Å². The summed E-state index contributed by atoms with van der Waals surface area (Å²) in [7, 11) is 1.65. The Morgan fingerprint density at radius 3 is 2.56 bits per heavy atom. The molecule has 0 aliphatic carbocycles. The molecule has 0 fully saturated rings. The summed E-state index contributed by atoms with van der Waals surface area (Å²) in [6.07, 6.45) is 1.56. The SMILES string of the molecule is COc1cc(C)c(-c2nc3ccccc3c(=O)n2N=Cc2ccc(OCc3cccc(F)c3)c(Cl)c2)cc1C(C)C.